The maximum atomic E-state index is 12.2. The van der Waals surface area contributed by atoms with E-state index >= 15 is 0 Å². The van der Waals surface area contributed by atoms with Crippen molar-refractivity contribution in [3.05, 3.63) is 0 Å². The highest BCUT2D eigenvalue weighted by Gasteiger charge is 2.41. The molecule has 110 valence electrons. The summed E-state index contributed by atoms with van der Waals surface area (Å²) in [6.07, 6.45) is 1.30. The number of amides is 1. The summed E-state index contributed by atoms with van der Waals surface area (Å²) in [6, 6.07) is 0. The molecule has 0 heterocycles. The minimum Gasteiger partial charge on any atom is -0.481 e. The van der Waals surface area contributed by atoms with Gasteiger partial charge in [0.1, 0.15) is 0 Å². The molecule has 1 amide bonds. The standard InChI is InChI=1S/C15H27NO3/c1-9(2)15(4,5)8-16-13(17)11-6-10(3)7-12(11)14(18)19/h9-12H,6-8H2,1-5H3,(H,16,17)(H,18,19)/t10?,11-,12+/m0/s1. The van der Waals surface area contributed by atoms with Crippen LogP contribution in [0.3, 0.4) is 0 Å². The molecule has 4 heteroatoms. The number of carbonyl (C=O) groups is 2. The number of aliphatic carboxylic acids is 1. The number of hydrogen-bond donors (Lipinski definition) is 2. The first-order valence-corrected chi connectivity index (χ1v) is 7.15. The van der Waals surface area contributed by atoms with Crippen molar-refractivity contribution < 1.29 is 14.7 Å². The average molecular weight is 269 g/mol. The Morgan fingerprint density at radius 2 is 1.79 bits per heavy atom. The van der Waals surface area contributed by atoms with Crippen LogP contribution in [-0.2, 0) is 9.59 Å². The van der Waals surface area contributed by atoms with E-state index in [1.807, 2.05) is 6.92 Å². The molecule has 0 bridgehead atoms. The minimum atomic E-state index is -0.840. The molecule has 1 aliphatic carbocycles. The molecule has 19 heavy (non-hydrogen) atoms. The van der Waals surface area contributed by atoms with Crippen LogP contribution in [0.1, 0.15) is 47.5 Å². The van der Waals surface area contributed by atoms with E-state index in [4.69, 9.17) is 0 Å². The summed E-state index contributed by atoms with van der Waals surface area (Å²) in [4.78, 5) is 23.4. The van der Waals surface area contributed by atoms with Gasteiger partial charge in [-0.25, -0.2) is 0 Å². The van der Waals surface area contributed by atoms with Gasteiger partial charge in [-0.05, 0) is 30.1 Å². The molecule has 1 unspecified atom stereocenters. The molecule has 0 aromatic carbocycles. The topological polar surface area (TPSA) is 66.4 Å². The smallest absolute Gasteiger partial charge is 0.307 e. The average Bonchev–Trinajstić information content (AvgIpc) is 2.68. The first-order valence-electron chi connectivity index (χ1n) is 7.15. The molecule has 0 aliphatic heterocycles. The van der Waals surface area contributed by atoms with Crippen molar-refractivity contribution in [1.82, 2.24) is 5.32 Å². The quantitative estimate of drug-likeness (QED) is 0.806. The summed E-state index contributed by atoms with van der Waals surface area (Å²) in [5.41, 5.74) is 0.0264. The van der Waals surface area contributed by atoms with Gasteiger partial charge in [-0.3, -0.25) is 9.59 Å². The Hall–Kier alpha value is -1.06. The van der Waals surface area contributed by atoms with Crippen molar-refractivity contribution in [2.45, 2.75) is 47.5 Å². The molecule has 1 saturated carbocycles. The third-order valence-corrected chi connectivity index (χ3v) is 4.73. The number of hydrogen-bond acceptors (Lipinski definition) is 2. The summed E-state index contributed by atoms with van der Waals surface area (Å²) in [7, 11) is 0. The molecule has 0 aromatic heterocycles. The molecule has 4 nitrogen and oxygen atoms in total. The van der Waals surface area contributed by atoms with Crippen molar-refractivity contribution in [3.63, 3.8) is 0 Å². The molecular formula is C15H27NO3. The van der Waals surface area contributed by atoms with E-state index in [0.717, 1.165) is 0 Å². The van der Waals surface area contributed by atoms with Gasteiger partial charge in [-0.1, -0.05) is 34.6 Å². The SMILES string of the molecule is CC1C[C@H](C(=O)NCC(C)(C)C(C)C)[C@H](C(=O)O)C1. The third-order valence-electron chi connectivity index (χ3n) is 4.73. The number of carboxylic acids is 1. The van der Waals surface area contributed by atoms with Crippen molar-refractivity contribution >= 4 is 11.9 Å². The maximum Gasteiger partial charge on any atom is 0.307 e. The van der Waals surface area contributed by atoms with Gasteiger partial charge in [0.25, 0.3) is 0 Å². The van der Waals surface area contributed by atoms with Gasteiger partial charge in [0, 0.05) is 6.54 Å². The normalized spacial score (nSPS) is 27.6. The number of carbonyl (C=O) groups excluding carboxylic acids is 1. The zero-order valence-corrected chi connectivity index (χ0v) is 12.7. The Morgan fingerprint density at radius 3 is 2.26 bits per heavy atom. The van der Waals surface area contributed by atoms with Crippen LogP contribution in [0.5, 0.6) is 0 Å². The second kappa shape index (κ2) is 5.93. The maximum absolute atomic E-state index is 12.2. The van der Waals surface area contributed by atoms with Crippen LogP contribution >= 0.6 is 0 Å². The van der Waals surface area contributed by atoms with Crippen LogP contribution in [0.25, 0.3) is 0 Å². The van der Waals surface area contributed by atoms with Crippen LogP contribution < -0.4 is 5.32 Å². The van der Waals surface area contributed by atoms with Gasteiger partial charge in [0.05, 0.1) is 11.8 Å². The second-order valence-corrected chi connectivity index (χ2v) is 6.99. The van der Waals surface area contributed by atoms with Gasteiger partial charge in [-0.15, -0.1) is 0 Å². The van der Waals surface area contributed by atoms with Crippen molar-refractivity contribution in [3.8, 4) is 0 Å². The largest absolute Gasteiger partial charge is 0.481 e. The summed E-state index contributed by atoms with van der Waals surface area (Å²) in [6.45, 7) is 11.1. The van der Waals surface area contributed by atoms with Crippen molar-refractivity contribution in [1.29, 1.82) is 0 Å². The van der Waals surface area contributed by atoms with E-state index in [1.54, 1.807) is 0 Å². The lowest BCUT2D eigenvalue weighted by Gasteiger charge is -2.30. The Kier molecular flexibility index (Phi) is 4.99. The van der Waals surface area contributed by atoms with Crippen LogP contribution in [-0.4, -0.2) is 23.5 Å². The monoisotopic (exact) mass is 269 g/mol. The fourth-order valence-electron chi connectivity index (χ4n) is 2.50. The van der Waals surface area contributed by atoms with Gasteiger partial charge in [0.2, 0.25) is 5.91 Å². The molecule has 1 aliphatic rings. The Balaban J connectivity index is 2.60. The van der Waals surface area contributed by atoms with E-state index in [1.165, 1.54) is 0 Å². The van der Waals surface area contributed by atoms with E-state index in [9.17, 15) is 14.7 Å². The Morgan fingerprint density at radius 1 is 1.26 bits per heavy atom. The van der Waals surface area contributed by atoms with E-state index in [0.29, 0.717) is 31.2 Å². The highest BCUT2D eigenvalue weighted by atomic mass is 16.4. The molecule has 2 N–H and O–H groups in total. The van der Waals surface area contributed by atoms with Gasteiger partial charge >= 0.3 is 5.97 Å². The molecule has 0 radical (unpaired) electrons. The molecule has 0 aromatic rings. The summed E-state index contributed by atoms with van der Waals surface area (Å²) in [5, 5.41) is 12.1. The van der Waals surface area contributed by atoms with Gasteiger partial charge in [0.15, 0.2) is 0 Å². The molecule has 3 atom stereocenters. The lowest BCUT2D eigenvalue weighted by Crippen LogP contribution is -2.41. The second-order valence-electron chi connectivity index (χ2n) is 6.99. The molecular weight excluding hydrogens is 242 g/mol. The third kappa shape index (κ3) is 3.95. The first-order chi connectivity index (χ1) is 8.65. The fourth-order valence-corrected chi connectivity index (χ4v) is 2.50. The fraction of sp³-hybridized carbons (Fsp3) is 0.867. The highest BCUT2D eigenvalue weighted by molar-refractivity contribution is 5.85. The van der Waals surface area contributed by atoms with Crippen molar-refractivity contribution in [2.75, 3.05) is 6.54 Å². The Bertz CT molecular complexity index is 349. The molecule has 0 spiro atoms. The van der Waals surface area contributed by atoms with E-state index < -0.39 is 11.9 Å². The number of nitrogens with one attached hydrogen (secondary N) is 1. The number of rotatable bonds is 5. The van der Waals surface area contributed by atoms with Gasteiger partial charge in [-0.2, -0.15) is 0 Å². The summed E-state index contributed by atoms with van der Waals surface area (Å²) >= 11 is 0. The zero-order valence-electron chi connectivity index (χ0n) is 12.7. The predicted molar refractivity (Wildman–Crippen MR) is 74.6 cm³/mol. The van der Waals surface area contributed by atoms with Crippen LogP contribution in [0, 0.1) is 29.1 Å². The zero-order chi connectivity index (χ0) is 14.8. The molecule has 0 saturated heterocycles. The molecule has 1 fully saturated rings. The van der Waals surface area contributed by atoms with Gasteiger partial charge < -0.3 is 10.4 Å². The highest BCUT2D eigenvalue weighted by Crippen LogP contribution is 2.36. The van der Waals surface area contributed by atoms with E-state index in [2.05, 4.69) is 33.0 Å². The molecule has 1 rings (SSSR count). The lowest BCUT2D eigenvalue weighted by molar-refractivity contribution is -0.146. The summed E-state index contributed by atoms with van der Waals surface area (Å²) < 4.78 is 0. The van der Waals surface area contributed by atoms with Crippen LogP contribution in [0.2, 0.25) is 0 Å². The Labute approximate surface area is 116 Å². The lowest BCUT2D eigenvalue weighted by atomic mass is 9.81. The first kappa shape index (κ1) is 16.0. The minimum absolute atomic E-state index is 0.0264. The number of carboxylic acid groups (broad SMARTS) is 1. The van der Waals surface area contributed by atoms with E-state index in [-0.39, 0.29) is 17.2 Å². The summed E-state index contributed by atoms with van der Waals surface area (Å²) in [5.74, 6) is -1.04. The van der Waals surface area contributed by atoms with Crippen LogP contribution in [0.4, 0.5) is 0 Å². The predicted octanol–water partition coefficient (Wildman–Crippen LogP) is 2.53. The van der Waals surface area contributed by atoms with Crippen LogP contribution in [0.15, 0.2) is 0 Å². The van der Waals surface area contributed by atoms with Crippen molar-refractivity contribution in [2.24, 2.45) is 29.1 Å².